The molecule has 0 fully saturated rings. The molecule has 1 aromatic carbocycles. The number of aryl methyl sites for hydroxylation is 1. The summed E-state index contributed by atoms with van der Waals surface area (Å²) in [6.07, 6.45) is 1.67. The molecule has 0 aliphatic rings. The lowest BCUT2D eigenvalue weighted by Gasteiger charge is -2.09. The maximum Gasteiger partial charge on any atom is 0.241 e. The van der Waals surface area contributed by atoms with E-state index in [9.17, 15) is 8.42 Å². The summed E-state index contributed by atoms with van der Waals surface area (Å²) in [6.45, 7) is 2.35. The third-order valence-corrected chi connectivity index (χ3v) is 4.67. The smallest absolute Gasteiger partial charge is 0.241 e. The van der Waals surface area contributed by atoms with Crippen LogP contribution >= 0.6 is 22.6 Å². The summed E-state index contributed by atoms with van der Waals surface area (Å²) in [5.41, 5.74) is 1.70. The Hall–Kier alpha value is -0.730. The zero-order chi connectivity index (χ0) is 13.2. The van der Waals surface area contributed by atoms with Crippen molar-refractivity contribution in [1.82, 2.24) is 9.71 Å². The first-order valence-corrected chi connectivity index (χ1v) is 8.47. The van der Waals surface area contributed by atoms with Crippen LogP contribution in [-0.2, 0) is 10.0 Å². The molecule has 0 atom stereocenters. The van der Waals surface area contributed by atoms with Gasteiger partial charge in [-0.05, 0) is 30.7 Å². The number of hydrogen-bond acceptors (Lipinski definition) is 3. The Kier molecular flexibility index (Phi) is 4.18. The minimum absolute atomic E-state index is 0.293. The van der Waals surface area contributed by atoms with Gasteiger partial charge in [-0.2, -0.15) is 0 Å². The first kappa shape index (κ1) is 13.7. The average Bonchev–Trinajstić information content (AvgIpc) is 2.37. The zero-order valence-electron chi connectivity index (χ0n) is 9.85. The minimum Gasteiger partial charge on any atom is -0.256 e. The first-order chi connectivity index (χ1) is 8.56. The van der Waals surface area contributed by atoms with Gasteiger partial charge in [0.1, 0.15) is 0 Å². The van der Waals surface area contributed by atoms with Crippen LogP contribution in [0.15, 0.2) is 35.4 Å². The predicted octanol–water partition coefficient (Wildman–Crippen LogP) is 2.26. The van der Waals surface area contributed by atoms with Crippen LogP contribution in [0.5, 0.6) is 0 Å². The van der Waals surface area contributed by atoms with Crippen LogP contribution in [0, 0.1) is 6.92 Å². The van der Waals surface area contributed by atoms with Crippen molar-refractivity contribution < 1.29 is 8.42 Å². The molecule has 96 valence electrons. The van der Waals surface area contributed by atoms with E-state index in [4.69, 9.17) is 0 Å². The van der Waals surface area contributed by atoms with Crippen LogP contribution in [-0.4, -0.2) is 24.4 Å². The molecule has 0 radical (unpaired) electrons. The van der Waals surface area contributed by atoms with Gasteiger partial charge in [-0.3, -0.25) is 4.98 Å². The zero-order valence-corrected chi connectivity index (χ0v) is 12.8. The highest BCUT2D eigenvalue weighted by atomic mass is 127. The molecular weight excluding hydrogens is 363 g/mol. The molecule has 18 heavy (non-hydrogen) atoms. The van der Waals surface area contributed by atoms with Crippen LogP contribution in [0.1, 0.15) is 5.56 Å². The Morgan fingerprint density at radius 1 is 1.33 bits per heavy atom. The average molecular weight is 376 g/mol. The number of rotatable bonds is 4. The number of halogens is 1. The summed E-state index contributed by atoms with van der Waals surface area (Å²) in [6, 6.07) is 6.95. The van der Waals surface area contributed by atoms with Crippen molar-refractivity contribution in [2.45, 2.75) is 11.8 Å². The highest BCUT2D eigenvalue weighted by Crippen LogP contribution is 2.23. The lowest BCUT2D eigenvalue weighted by Crippen LogP contribution is -2.25. The molecule has 6 heteroatoms. The number of pyridine rings is 1. The summed E-state index contributed by atoms with van der Waals surface area (Å²) in [5.74, 6) is 0. The van der Waals surface area contributed by atoms with Gasteiger partial charge in [0, 0.05) is 22.6 Å². The van der Waals surface area contributed by atoms with Crippen molar-refractivity contribution in [3.63, 3.8) is 0 Å². The molecule has 1 aromatic heterocycles. The standard InChI is InChI=1S/C12H13IN2O2S/c1-9-4-5-11(18(16,17)15-8-6-13)10-3-2-7-14-12(9)10/h2-5,7,15H,6,8H2,1H3. The Morgan fingerprint density at radius 2 is 2.11 bits per heavy atom. The lowest BCUT2D eigenvalue weighted by atomic mass is 10.1. The quantitative estimate of drug-likeness (QED) is 0.658. The number of benzene rings is 1. The molecule has 0 spiro atoms. The molecule has 0 amide bonds. The van der Waals surface area contributed by atoms with E-state index in [1.165, 1.54) is 0 Å². The van der Waals surface area contributed by atoms with E-state index in [2.05, 4.69) is 32.3 Å². The van der Waals surface area contributed by atoms with Gasteiger partial charge in [-0.25, -0.2) is 13.1 Å². The van der Waals surface area contributed by atoms with Crippen molar-refractivity contribution in [1.29, 1.82) is 0 Å². The van der Waals surface area contributed by atoms with E-state index in [1.54, 1.807) is 30.5 Å². The third-order valence-electron chi connectivity index (χ3n) is 2.61. The fourth-order valence-corrected chi connectivity index (χ4v) is 3.64. The molecule has 4 nitrogen and oxygen atoms in total. The van der Waals surface area contributed by atoms with Crippen molar-refractivity contribution in [2.24, 2.45) is 0 Å². The molecule has 0 bridgehead atoms. The number of alkyl halides is 1. The molecule has 0 unspecified atom stereocenters. The first-order valence-electron chi connectivity index (χ1n) is 5.46. The highest BCUT2D eigenvalue weighted by Gasteiger charge is 2.17. The van der Waals surface area contributed by atoms with Gasteiger partial charge in [0.15, 0.2) is 0 Å². The number of hydrogen-bond donors (Lipinski definition) is 1. The van der Waals surface area contributed by atoms with Gasteiger partial charge in [0.25, 0.3) is 0 Å². The van der Waals surface area contributed by atoms with Crippen LogP contribution in [0.3, 0.4) is 0 Å². The number of nitrogens with one attached hydrogen (secondary N) is 1. The summed E-state index contributed by atoms with van der Waals surface area (Å²) in [7, 11) is -3.46. The monoisotopic (exact) mass is 376 g/mol. The summed E-state index contributed by atoms with van der Waals surface area (Å²) in [4.78, 5) is 4.53. The molecule has 1 heterocycles. The lowest BCUT2D eigenvalue weighted by molar-refractivity contribution is 0.585. The highest BCUT2D eigenvalue weighted by molar-refractivity contribution is 14.1. The molecule has 2 aromatic rings. The van der Waals surface area contributed by atoms with E-state index in [1.807, 2.05) is 6.92 Å². The second kappa shape index (κ2) is 5.50. The Morgan fingerprint density at radius 3 is 2.83 bits per heavy atom. The molecule has 2 rings (SSSR count). The van der Waals surface area contributed by atoms with Gasteiger partial charge in [-0.1, -0.05) is 28.7 Å². The van der Waals surface area contributed by atoms with Gasteiger partial charge in [0.2, 0.25) is 10.0 Å². The van der Waals surface area contributed by atoms with Crippen LogP contribution < -0.4 is 4.72 Å². The van der Waals surface area contributed by atoms with Gasteiger partial charge < -0.3 is 0 Å². The summed E-state index contributed by atoms with van der Waals surface area (Å²) < 4.78 is 27.7. The SMILES string of the molecule is Cc1ccc(S(=O)(=O)NCCI)c2cccnc12. The molecular formula is C12H13IN2O2S. The van der Waals surface area contributed by atoms with Crippen molar-refractivity contribution in [3.05, 3.63) is 36.0 Å². The molecule has 0 aliphatic carbocycles. The largest absolute Gasteiger partial charge is 0.256 e. The van der Waals surface area contributed by atoms with E-state index in [0.29, 0.717) is 16.8 Å². The topological polar surface area (TPSA) is 59.1 Å². The Labute approximate surface area is 120 Å². The van der Waals surface area contributed by atoms with Gasteiger partial charge in [0.05, 0.1) is 10.4 Å². The van der Waals surface area contributed by atoms with Crippen LogP contribution in [0.2, 0.25) is 0 Å². The predicted molar refractivity (Wildman–Crippen MR) is 80.6 cm³/mol. The number of aromatic nitrogens is 1. The van der Waals surface area contributed by atoms with Crippen molar-refractivity contribution in [2.75, 3.05) is 11.0 Å². The number of nitrogens with zero attached hydrogens (tertiary/aromatic N) is 1. The summed E-state index contributed by atoms with van der Waals surface area (Å²) in [5, 5.41) is 0.665. The van der Waals surface area contributed by atoms with Gasteiger partial charge in [-0.15, -0.1) is 0 Å². The fourth-order valence-electron chi connectivity index (χ4n) is 1.77. The third kappa shape index (κ3) is 2.65. The number of fused-ring (bicyclic) bond motifs is 1. The van der Waals surface area contributed by atoms with Crippen LogP contribution in [0.25, 0.3) is 10.9 Å². The Balaban J connectivity index is 2.62. The van der Waals surface area contributed by atoms with E-state index >= 15 is 0 Å². The maximum absolute atomic E-state index is 12.2. The van der Waals surface area contributed by atoms with Gasteiger partial charge >= 0.3 is 0 Å². The summed E-state index contributed by atoms with van der Waals surface area (Å²) >= 11 is 2.13. The molecule has 0 saturated heterocycles. The van der Waals surface area contributed by atoms with Crippen molar-refractivity contribution in [3.8, 4) is 0 Å². The van der Waals surface area contributed by atoms with E-state index in [-0.39, 0.29) is 0 Å². The molecule has 0 aliphatic heterocycles. The Bertz CT molecular complexity index is 671. The maximum atomic E-state index is 12.2. The molecule has 1 N–H and O–H groups in total. The normalized spacial score (nSPS) is 11.9. The second-order valence-electron chi connectivity index (χ2n) is 3.87. The van der Waals surface area contributed by atoms with Crippen molar-refractivity contribution >= 4 is 43.5 Å². The number of sulfonamides is 1. The van der Waals surface area contributed by atoms with Crippen LogP contribution in [0.4, 0.5) is 0 Å². The minimum atomic E-state index is -3.46. The molecule has 0 saturated carbocycles. The van der Waals surface area contributed by atoms with E-state index in [0.717, 1.165) is 15.5 Å². The van der Waals surface area contributed by atoms with E-state index < -0.39 is 10.0 Å². The fraction of sp³-hybridized carbons (Fsp3) is 0.250. The second-order valence-corrected chi connectivity index (χ2v) is 6.68.